The summed E-state index contributed by atoms with van der Waals surface area (Å²) in [5.74, 6) is 2.37. The van der Waals surface area contributed by atoms with Crippen molar-refractivity contribution >= 4 is 11.6 Å². The molecule has 1 aliphatic rings. The van der Waals surface area contributed by atoms with E-state index in [1.165, 1.54) is 4.90 Å². The third kappa shape index (κ3) is 4.97. The van der Waals surface area contributed by atoms with Gasteiger partial charge in [-0.25, -0.2) is 0 Å². The van der Waals surface area contributed by atoms with Crippen LogP contribution in [0.1, 0.15) is 5.56 Å². The van der Waals surface area contributed by atoms with E-state index >= 15 is 0 Å². The predicted molar refractivity (Wildman–Crippen MR) is 117 cm³/mol. The van der Waals surface area contributed by atoms with Crippen LogP contribution >= 0.6 is 0 Å². The number of benzene rings is 2. The number of hydrogen-bond acceptors (Lipinski definition) is 5. The van der Waals surface area contributed by atoms with E-state index in [1.807, 2.05) is 43.4 Å². The zero-order valence-electron chi connectivity index (χ0n) is 18.3. The maximum atomic E-state index is 12.8. The summed E-state index contributed by atoms with van der Waals surface area (Å²) < 4.78 is 16.3. The standard InChI is InChI=1S/C23H31N3O4/c1-24(16-18-8-7-11-21(29-3)23(18)30-4)22(27)17-25-12-14-26(15-13-25)19-9-5-6-10-20(19)28-2/h5-11H,12-17H2,1-4H3/p+1. The van der Waals surface area contributed by atoms with Crippen LogP contribution in [0.25, 0.3) is 0 Å². The summed E-state index contributed by atoms with van der Waals surface area (Å²) in [5, 5.41) is 0. The SMILES string of the molecule is COc1ccccc1N1CC[NH+](CC(=O)N(C)Cc2cccc(OC)c2OC)CC1. The molecule has 0 saturated carbocycles. The van der Waals surface area contributed by atoms with Crippen molar-refractivity contribution in [2.75, 3.05) is 66.0 Å². The minimum absolute atomic E-state index is 0.126. The first-order valence-electron chi connectivity index (χ1n) is 10.2. The Labute approximate surface area is 178 Å². The molecule has 7 nitrogen and oxygen atoms in total. The molecule has 0 bridgehead atoms. The number of hydrogen-bond donors (Lipinski definition) is 1. The normalized spacial score (nSPS) is 14.3. The molecule has 1 N–H and O–H groups in total. The largest absolute Gasteiger partial charge is 0.495 e. The summed E-state index contributed by atoms with van der Waals surface area (Å²) >= 11 is 0. The average Bonchev–Trinajstić information content (AvgIpc) is 2.79. The summed E-state index contributed by atoms with van der Waals surface area (Å²) in [4.78, 5) is 18.2. The highest BCUT2D eigenvalue weighted by atomic mass is 16.5. The van der Waals surface area contributed by atoms with Crippen molar-refractivity contribution in [1.29, 1.82) is 0 Å². The number of nitrogens with one attached hydrogen (secondary N) is 1. The fraction of sp³-hybridized carbons (Fsp3) is 0.435. The Morgan fingerprint density at radius 2 is 1.63 bits per heavy atom. The van der Waals surface area contributed by atoms with Crippen molar-refractivity contribution in [3.63, 3.8) is 0 Å². The maximum Gasteiger partial charge on any atom is 0.277 e. The molecule has 2 aromatic carbocycles. The molecule has 0 unspecified atom stereocenters. The van der Waals surface area contributed by atoms with Gasteiger partial charge in [-0.15, -0.1) is 0 Å². The summed E-state index contributed by atoms with van der Waals surface area (Å²) in [6.45, 7) is 4.61. The highest BCUT2D eigenvalue weighted by Crippen LogP contribution is 2.31. The van der Waals surface area contributed by atoms with Crippen LogP contribution in [0.5, 0.6) is 17.2 Å². The van der Waals surface area contributed by atoms with Gasteiger partial charge in [0.25, 0.3) is 5.91 Å². The van der Waals surface area contributed by atoms with E-state index in [1.54, 1.807) is 26.2 Å². The molecule has 3 rings (SSSR count). The fourth-order valence-corrected chi connectivity index (χ4v) is 3.90. The molecule has 7 heteroatoms. The fourth-order valence-electron chi connectivity index (χ4n) is 3.90. The van der Waals surface area contributed by atoms with Gasteiger partial charge in [-0.3, -0.25) is 4.79 Å². The van der Waals surface area contributed by atoms with Gasteiger partial charge < -0.3 is 28.9 Å². The lowest BCUT2D eigenvalue weighted by Gasteiger charge is -2.34. The van der Waals surface area contributed by atoms with Crippen LogP contribution in [0.2, 0.25) is 0 Å². The smallest absolute Gasteiger partial charge is 0.277 e. The van der Waals surface area contributed by atoms with E-state index in [2.05, 4.69) is 11.0 Å². The van der Waals surface area contributed by atoms with Gasteiger partial charge in [0.1, 0.15) is 5.75 Å². The number of para-hydroxylation sites is 3. The number of methoxy groups -OCH3 is 3. The Morgan fingerprint density at radius 1 is 0.967 bits per heavy atom. The Kier molecular flexibility index (Phi) is 7.41. The average molecular weight is 415 g/mol. The molecule has 162 valence electrons. The minimum Gasteiger partial charge on any atom is -0.495 e. The van der Waals surface area contributed by atoms with Gasteiger partial charge in [0, 0.05) is 19.2 Å². The highest BCUT2D eigenvalue weighted by Gasteiger charge is 2.25. The molecule has 1 aliphatic heterocycles. The third-order valence-electron chi connectivity index (χ3n) is 5.62. The van der Waals surface area contributed by atoms with Crippen LogP contribution in [0.3, 0.4) is 0 Å². The van der Waals surface area contributed by atoms with Gasteiger partial charge in [0.05, 0.1) is 53.2 Å². The van der Waals surface area contributed by atoms with Gasteiger partial charge in [-0.2, -0.15) is 0 Å². The van der Waals surface area contributed by atoms with Crippen LogP contribution in [-0.4, -0.2) is 71.9 Å². The summed E-state index contributed by atoms with van der Waals surface area (Å²) in [6.07, 6.45) is 0. The number of carbonyl (C=O) groups is 1. The lowest BCUT2D eigenvalue weighted by atomic mass is 10.1. The minimum atomic E-state index is 0.126. The third-order valence-corrected chi connectivity index (χ3v) is 5.62. The van der Waals surface area contributed by atoms with Crippen LogP contribution in [0.4, 0.5) is 5.69 Å². The Hall–Kier alpha value is -2.93. The first-order chi connectivity index (χ1) is 14.6. The molecule has 30 heavy (non-hydrogen) atoms. The van der Waals surface area contributed by atoms with Crippen molar-refractivity contribution in [3.8, 4) is 17.2 Å². The molecular weight excluding hydrogens is 382 g/mol. The van der Waals surface area contributed by atoms with E-state index < -0.39 is 0 Å². The molecule has 1 amide bonds. The Balaban J connectivity index is 1.55. The molecule has 0 aromatic heterocycles. The van der Waals surface area contributed by atoms with Gasteiger partial charge in [0.15, 0.2) is 18.0 Å². The van der Waals surface area contributed by atoms with Gasteiger partial charge in [-0.05, 0) is 18.2 Å². The number of amides is 1. The molecule has 0 spiro atoms. The molecule has 0 radical (unpaired) electrons. The molecule has 0 atom stereocenters. The predicted octanol–water partition coefficient (Wildman–Crippen LogP) is 1.08. The van der Waals surface area contributed by atoms with E-state index in [0.717, 1.165) is 43.2 Å². The second-order valence-electron chi connectivity index (χ2n) is 7.49. The van der Waals surface area contributed by atoms with E-state index in [4.69, 9.17) is 14.2 Å². The zero-order chi connectivity index (χ0) is 21.5. The number of anilines is 1. The number of quaternary nitrogens is 1. The quantitative estimate of drug-likeness (QED) is 0.701. The molecule has 1 fully saturated rings. The van der Waals surface area contributed by atoms with Crippen LogP contribution in [-0.2, 0) is 11.3 Å². The molecule has 0 aliphatic carbocycles. The van der Waals surface area contributed by atoms with Crippen molar-refractivity contribution in [1.82, 2.24) is 4.90 Å². The highest BCUT2D eigenvalue weighted by molar-refractivity contribution is 5.77. The maximum absolute atomic E-state index is 12.8. The zero-order valence-corrected chi connectivity index (χ0v) is 18.3. The van der Waals surface area contributed by atoms with Gasteiger partial charge >= 0.3 is 0 Å². The van der Waals surface area contributed by atoms with Crippen LogP contribution in [0, 0.1) is 0 Å². The van der Waals surface area contributed by atoms with Crippen molar-refractivity contribution in [2.24, 2.45) is 0 Å². The van der Waals surface area contributed by atoms with Crippen LogP contribution in [0.15, 0.2) is 42.5 Å². The van der Waals surface area contributed by atoms with Crippen molar-refractivity contribution in [2.45, 2.75) is 6.54 Å². The van der Waals surface area contributed by atoms with E-state index in [9.17, 15) is 4.79 Å². The van der Waals surface area contributed by atoms with Gasteiger partial charge in [0.2, 0.25) is 0 Å². The number of piperazine rings is 1. The summed E-state index contributed by atoms with van der Waals surface area (Å²) in [7, 11) is 6.77. The van der Waals surface area contributed by atoms with Crippen LogP contribution < -0.4 is 24.0 Å². The topological polar surface area (TPSA) is 55.7 Å². The first kappa shape index (κ1) is 21.8. The first-order valence-corrected chi connectivity index (χ1v) is 10.2. The lowest BCUT2D eigenvalue weighted by Crippen LogP contribution is -3.15. The summed E-state index contributed by atoms with van der Waals surface area (Å²) in [5.41, 5.74) is 2.05. The lowest BCUT2D eigenvalue weighted by molar-refractivity contribution is -0.892. The van der Waals surface area contributed by atoms with Crippen molar-refractivity contribution < 1.29 is 23.9 Å². The van der Waals surface area contributed by atoms with E-state index in [-0.39, 0.29) is 5.91 Å². The number of rotatable bonds is 8. The summed E-state index contributed by atoms with van der Waals surface area (Å²) in [6, 6.07) is 13.8. The second-order valence-corrected chi connectivity index (χ2v) is 7.49. The Bertz CT molecular complexity index is 850. The monoisotopic (exact) mass is 414 g/mol. The molecule has 1 heterocycles. The van der Waals surface area contributed by atoms with E-state index in [0.29, 0.717) is 24.6 Å². The number of nitrogens with zero attached hydrogens (tertiary/aromatic N) is 2. The number of ether oxygens (including phenoxy) is 3. The van der Waals surface area contributed by atoms with Crippen molar-refractivity contribution in [3.05, 3.63) is 48.0 Å². The second kappa shape index (κ2) is 10.2. The van der Waals surface area contributed by atoms with Gasteiger partial charge in [-0.1, -0.05) is 24.3 Å². The molecule has 2 aromatic rings. The Morgan fingerprint density at radius 3 is 2.30 bits per heavy atom. The number of likely N-dealkylation sites (N-methyl/N-ethyl adjacent to an activating group) is 1. The molecule has 1 saturated heterocycles. The number of carbonyl (C=O) groups excluding carboxylic acids is 1. The molecular formula is C23H32N3O4+.